The smallest absolute Gasteiger partial charge is 0.119 e. The molecule has 11 heavy (non-hydrogen) atoms. The minimum absolute atomic E-state index is 0.137. The highest BCUT2D eigenvalue weighted by molar-refractivity contribution is 6.34. The summed E-state index contributed by atoms with van der Waals surface area (Å²) in [6, 6.07) is 5.17. The Morgan fingerprint density at radius 1 is 1.55 bits per heavy atom. The van der Waals surface area contributed by atoms with Crippen LogP contribution in [0.3, 0.4) is 0 Å². The Hall–Kier alpha value is -1.18. The summed E-state index contributed by atoms with van der Waals surface area (Å²) < 4.78 is 0. The van der Waals surface area contributed by atoms with Crippen LogP contribution < -0.4 is 5.46 Å². The molecule has 0 aliphatic heterocycles. The molecule has 54 valence electrons. The number of phenols is 1. The van der Waals surface area contributed by atoms with Crippen LogP contribution in [0.5, 0.6) is 5.75 Å². The van der Waals surface area contributed by atoms with Gasteiger partial charge in [-0.3, -0.25) is 0 Å². The van der Waals surface area contributed by atoms with E-state index in [9.17, 15) is 0 Å². The van der Waals surface area contributed by atoms with Gasteiger partial charge in [-0.2, -0.15) is 0 Å². The molecule has 1 aromatic rings. The number of allylic oxidation sites excluding steroid dienone is 1. The van der Waals surface area contributed by atoms with Gasteiger partial charge >= 0.3 is 0 Å². The first-order chi connectivity index (χ1) is 5.24. The molecular formula is C9H9BO. The molecule has 1 rings (SSSR count). The number of aromatic hydroxyl groups is 1. The normalized spacial score (nSPS) is 9.45. The third kappa shape index (κ3) is 1.87. The van der Waals surface area contributed by atoms with E-state index < -0.39 is 0 Å². The van der Waals surface area contributed by atoms with Crippen molar-refractivity contribution in [1.29, 1.82) is 0 Å². The number of hydrogen-bond donors (Lipinski definition) is 1. The van der Waals surface area contributed by atoms with Crippen molar-refractivity contribution < 1.29 is 5.11 Å². The average molecular weight is 144 g/mol. The van der Waals surface area contributed by atoms with E-state index in [4.69, 9.17) is 13.0 Å². The lowest BCUT2D eigenvalue weighted by Gasteiger charge is -2.00. The van der Waals surface area contributed by atoms with Gasteiger partial charge in [0.1, 0.15) is 13.6 Å². The molecule has 1 nitrogen and oxygen atoms in total. The molecule has 2 heteroatoms. The third-order valence-corrected chi connectivity index (χ3v) is 1.47. The zero-order valence-electron chi connectivity index (χ0n) is 6.25. The molecular weight excluding hydrogens is 135 g/mol. The van der Waals surface area contributed by atoms with E-state index in [0.717, 1.165) is 12.0 Å². The summed E-state index contributed by atoms with van der Waals surface area (Å²) in [6.07, 6.45) is 2.58. The molecule has 2 radical (unpaired) electrons. The lowest BCUT2D eigenvalue weighted by atomic mass is 9.92. The van der Waals surface area contributed by atoms with Gasteiger partial charge in [0.15, 0.2) is 0 Å². The predicted molar refractivity (Wildman–Crippen MR) is 47.4 cm³/mol. The summed E-state index contributed by atoms with van der Waals surface area (Å²) in [5, 5.41) is 9.06. The first kappa shape index (κ1) is 7.93. The van der Waals surface area contributed by atoms with Crippen molar-refractivity contribution in [3.05, 3.63) is 36.4 Å². The number of rotatable bonds is 2. The SMILES string of the molecule is [B]c1cc(CC=C)ccc1O. The fourth-order valence-electron chi connectivity index (χ4n) is 0.898. The summed E-state index contributed by atoms with van der Waals surface area (Å²) in [5.74, 6) is 0.137. The standard InChI is InChI=1S/C9H9BO/c1-2-3-7-4-5-9(11)8(10)6-7/h2,4-6,11H,1,3H2. The quantitative estimate of drug-likeness (QED) is 0.483. The first-order valence-corrected chi connectivity index (χ1v) is 3.42. The highest BCUT2D eigenvalue weighted by Crippen LogP contribution is 2.06. The first-order valence-electron chi connectivity index (χ1n) is 3.42. The molecule has 0 saturated heterocycles. The van der Waals surface area contributed by atoms with Crippen LogP contribution in [0.4, 0.5) is 0 Å². The van der Waals surface area contributed by atoms with Crippen LogP contribution in [0.1, 0.15) is 5.56 Å². The molecule has 0 unspecified atom stereocenters. The number of hydrogen-bond acceptors (Lipinski definition) is 1. The topological polar surface area (TPSA) is 20.2 Å². The fraction of sp³-hybridized carbons (Fsp3) is 0.111. The highest BCUT2D eigenvalue weighted by Gasteiger charge is 1.94. The lowest BCUT2D eigenvalue weighted by molar-refractivity contribution is 0.479. The highest BCUT2D eigenvalue weighted by atomic mass is 16.3. The van der Waals surface area contributed by atoms with Crippen LogP contribution in [-0.2, 0) is 6.42 Å². The van der Waals surface area contributed by atoms with Crippen molar-refractivity contribution in [3.8, 4) is 5.75 Å². The van der Waals surface area contributed by atoms with Crippen LogP contribution in [0.15, 0.2) is 30.9 Å². The summed E-state index contributed by atoms with van der Waals surface area (Å²) in [4.78, 5) is 0. The minimum Gasteiger partial charge on any atom is -0.509 e. The molecule has 0 aliphatic carbocycles. The maximum Gasteiger partial charge on any atom is 0.119 e. The number of phenolic OH excluding ortho intramolecular Hbond substituents is 1. The number of benzene rings is 1. The molecule has 0 bridgehead atoms. The van der Waals surface area contributed by atoms with Crippen molar-refractivity contribution >= 4 is 13.3 Å². The van der Waals surface area contributed by atoms with E-state index >= 15 is 0 Å². The van der Waals surface area contributed by atoms with Gasteiger partial charge in [0, 0.05) is 0 Å². The zero-order valence-corrected chi connectivity index (χ0v) is 6.25. The van der Waals surface area contributed by atoms with Gasteiger partial charge in [-0.1, -0.05) is 23.7 Å². The van der Waals surface area contributed by atoms with Crippen molar-refractivity contribution in [2.24, 2.45) is 0 Å². The van der Waals surface area contributed by atoms with E-state index in [1.165, 1.54) is 0 Å². The Kier molecular flexibility index (Phi) is 2.37. The average Bonchev–Trinajstić information content (AvgIpc) is 1.98. The molecule has 0 fully saturated rings. The Bertz CT molecular complexity index is 268. The van der Waals surface area contributed by atoms with Crippen molar-refractivity contribution in [1.82, 2.24) is 0 Å². The molecule has 0 heterocycles. The second kappa shape index (κ2) is 3.29. The largest absolute Gasteiger partial charge is 0.509 e. The molecule has 1 aromatic carbocycles. The van der Waals surface area contributed by atoms with Gasteiger partial charge in [-0.05, 0) is 18.1 Å². The van der Waals surface area contributed by atoms with Crippen LogP contribution in [0, 0.1) is 0 Å². The van der Waals surface area contributed by atoms with Crippen molar-refractivity contribution in [2.75, 3.05) is 0 Å². The zero-order chi connectivity index (χ0) is 8.27. The van der Waals surface area contributed by atoms with Crippen LogP contribution in [0.2, 0.25) is 0 Å². The summed E-state index contributed by atoms with van der Waals surface area (Å²) in [5.41, 5.74) is 1.49. The Balaban J connectivity index is 2.95. The molecule has 0 aliphatic rings. The van der Waals surface area contributed by atoms with E-state index in [-0.39, 0.29) is 5.75 Å². The van der Waals surface area contributed by atoms with Crippen LogP contribution in [0.25, 0.3) is 0 Å². The second-order valence-corrected chi connectivity index (χ2v) is 2.39. The van der Waals surface area contributed by atoms with E-state index in [0.29, 0.717) is 5.46 Å². The molecule has 0 atom stereocenters. The molecule has 0 amide bonds. The maximum absolute atomic E-state index is 9.06. The summed E-state index contributed by atoms with van der Waals surface area (Å²) >= 11 is 0. The van der Waals surface area contributed by atoms with Gasteiger partial charge in [-0.15, -0.1) is 6.58 Å². The van der Waals surface area contributed by atoms with E-state index in [1.54, 1.807) is 18.2 Å². The summed E-state index contributed by atoms with van der Waals surface area (Å²) in [6.45, 7) is 3.60. The van der Waals surface area contributed by atoms with Gasteiger partial charge in [0.05, 0.1) is 0 Å². The van der Waals surface area contributed by atoms with Gasteiger partial charge in [0.2, 0.25) is 0 Å². The summed E-state index contributed by atoms with van der Waals surface area (Å²) in [7, 11) is 5.47. The molecule has 0 saturated carbocycles. The van der Waals surface area contributed by atoms with E-state index in [2.05, 4.69) is 6.58 Å². The van der Waals surface area contributed by atoms with E-state index in [1.807, 2.05) is 6.07 Å². The van der Waals surface area contributed by atoms with Crippen molar-refractivity contribution in [3.63, 3.8) is 0 Å². The predicted octanol–water partition coefficient (Wildman–Crippen LogP) is 0.914. The van der Waals surface area contributed by atoms with Crippen LogP contribution >= 0.6 is 0 Å². The minimum atomic E-state index is 0.137. The van der Waals surface area contributed by atoms with Gasteiger partial charge in [-0.25, -0.2) is 0 Å². The maximum atomic E-state index is 9.06. The van der Waals surface area contributed by atoms with Gasteiger partial charge in [0.25, 0.3) is 0 Å². The van der Waals surface area contributed by atoms with Crippen LogP contribution in [-0.4, -0.2) is 13.0 Å². The monoisotopic (exact) mass is 144 g/mol. The van der Waals surface area contributed by atoms with Crippen molar-refractivity contribution in [2.45, 2.75) is 6.42 Å². The Morgan fingerprint density at radius 2 is 2.27 bits per heavy atom. The second-order valence-electron chi connectivity index (χ2n) is 2.39. The Labute approximate surface area is 67.8 Å². The lowest BCUT2D eigenvalue weighted by Crippen LogP contribution is -2.03. The fourth-order valence-corrected chi connectivity index (χ4v) is 0.898. The van der Waals surface area contributed by atoms with Gasteiger partial charge < -0.3 is 5.11 Å². The molecule has 0 spiro atoms. The Morgan fingerprint density at radius 3 is 2.82 bits per heavy atom. The molecule has 0 aromatic heterocycles. The third-order valence-electron chi connectivity index (χ3n) is 1.47. The molecule has 1 N–H and O–H groups in total.